The molecule has 0 saturated heterocycles. The largest absolute Gasteiger partial charge is 0.338 e. The van der Waals surface area contributed by atoms with Crippen LogP contribution in [0, 0.1) is 0 Å². The zero-order valence-corrected chi connectivity index (χ0v) is 14.1. The van der Waals surface area contributed by atoms with E-state index in [-0.39, 0.29) is 18.4 Å². The molecule has 0 fully saturated rings. The number of rotatable bonds is 8. The first-order chi connectivity index (χ1) is 10.5. The van der Waals surface area contributed by atoms with E-state index in [1.54, 1.807) is 4.90 Å². The standard InChI is InChI=1S/C17H27N3O2/c1-5-14-8-10-15(11-9-14)18-16(21)12-19(4)13-17(22)20(6-2)7-3/h8-11H,5-7,12-13H2,1-4H3,(H,18,21)/p+1. The molecular formula is C17H28N3O2+. The molecule has 22 heavy (non-hydrogen) atoms. The first-order valence-electron chi connectivity index (χ1n) is 7.97. The highest BCUT2D eigenvalue weighted by molar-refractivity contribution is 5.91. The summed E-state index contributed by atoms with van der Waals surface area (Å²) in [5.74, 6) is 0.0108. The predicted octanol–water partition coefficient (Wildman–Crippen LogP) is 0.571. The summed E-state index contributed by atoms with van der Waals surface area (Å²) in [7, 11) is 1.86. The number of benzene rings is 1. The lowest BCUT2D eigenvalue weighted by Gasteiger charge is -2.20. The Morgan fingerprint density at radius 2 is 1.64 bits per heavy atom. The van der Waals surface area contributed by atoms with Gasteiger partial charge in [0.2, 0.25) is 0 Å². The number of amides is 2. The number of quaternary nitrogens is 1. The quantitative estimate of drug-likeness (QED) is 0.738. The maximum Gasteiger partial charge on any atom is 0.279 e. The monoisotopic (exact) mass is 306 g/mol. The normalized spacial score (nSPS) is 11.8. The maximum atomic E-state index is 12.0. The van der Waals surface area contributed by atoms with E-state index in [4.69, 9.17) is 0 Å². The Balaban J connectivity index is 2.44. The molecule has 0 aliphatic carbocycles. The number of carbonyl (C=O) groups excluding carboxylic acids is 2. The van der Waals surface area contributed by atoms with Gasteiger partial charge in [-0.15, -0.1) is 0 Å². The zero-order chi connectivity index (χ0) is 16.5. The minimum atomic E-state index is -0.0749. The number of anilines is 1. The molecule has 0 bridgehead atoms. The van der Waals surface area contributed by atoms with Crippen molar-refractivity contribution >= 4 is 17.5 Å². The van der Waals surface area contributed by atoms with Gasteiger partial charge in [0.25, 0.3) is 11.8 Å². The molecule has 5 nitrogen and oxygen atoms in total. The van der Waals surface area contributed by atoms with E-state index in [0.717, 1.165) is 17.0 Å². The smallest absolute Gasteiger partial charge is 0.279 e. The molecule has 0 heterocycles. The Labute approximate surface area is 133 Å². The van der Waals surface area contributed by atoms with Crippen LogP contribution < -0.4 is 10.2 Å². The molecule has 0 radical (unpaired) electrons. The van der Waals surface area contributed by atoms with Gasteiger partial charge in [-0.25, -0.2) is 0 Å². The van der Waals surface area contributed by atoms with Gasteiger partial charge in [0.15, 0.2) is 13.1 Å². The summed E-state index contributed by atoms with van der Waals surface area (Å²) < 4.78 is 0. The Kier molecular flexibility index (Phi) is 7.60. The summed E-state index contributed by atoms with van der Waals surface area (Å²) in [4.78, 5) is 26.7. The second-order valence-electron chi connectivity index (χ2n) is 5.48. The first-order valence-corrected chi connectivity index (χ1v) is 7.97. The fourth-order valence-corrected chi connectivity index (χ4v) is 2.31. The fraction of sp³-hybridized carbons (Fsp3) is 0.529. The average molecular weight is 306 g/mol. The number of carbonyl (C=O) groups is 2. The van der Waals surface area contributed by atoms with Crippen LogP contribution >= 0.6 is 0 Å². The van der Waals surface area contributed by atoms with Crippen LogP contribution in [0.25, 0.3) is 0 Å². The van der Waals surface area contributed by atoms with Crippen LogP contribution in [-0.4, -0.2) is 49.9 Å². The summed E-state index contributed by atoms with van der Waals surface area (Å²) in [6, 6.07) is 7.84. The highest BCUT2D eigenvalue weighted by atomic mass is 16.2. The van der Waals surface area contributed by atoms with Gasteiger partial charge in [-0.3, -0.25) is 9.59 Å². The molecular weight excluding hydrogens is 278 g/mol. The van der Waals surface area contributed by atoms with Gasteiger partial charge >= 0.3 is 0 Å². The van der Waals surface area contributed by atoms with Gasteiger partial charge in [0, 0.05) is 18.8 Å². The third-order valence-electron chi connectivity index (χ3n) is 3.68. The SMILES string of the molecule is CCc1ccc(NC(=O)C[NH+](C)CC(=O)N(CC)CC)cc1. The van der Waals surface area contributed by atoms with Crippen molar-refractivity contribution in [3.63, 3.8) is 0 Å². The van der Waals surface area contributed by atoms with E-state index < -0.39 is 0 Å². The molecule has 5 heteroatoms. The second-order valence-corrected chi connectivity index (χ2v) is 5.48. The molecule has 0 spiro atoms. The molecule has 0 aliphatic rings. The number of hydrogen-bond acceptors (Lipinski definition) is 2. The van der Waals surface area contributed by atoms with Crippen LogP contribution in [0.2, 0.25) is 0 Å². The van der Waals surface area contributed by atoms with Crippen molar-refractivity contribution in [3.8, 4) is 0 Å². The van der Waals surface area contributed by atoms with E-state index >= 15 is 0 Å². The molecule has 1 atom stereocenters. The van der Waals surface area contributed by atoms with Gasteiger partial charge in [-0.05, 0) is 38.0 Å². The molecule has 0 saturated carbocycles. The Hall–Kier alpha value is -1.88. The van der Waals surface area contributed by atoms with E-state index in [0.29, 0.717) is 19.6 Å². The molecule has 2 amide bonds. The zero-order valence-electron chi connectivity index (χ0n) is 14.1. The first kappa shape index (κ1) is 18.2. The van der Waals surface area contributed by atoms with Crippen molar-refractivity contribution in [2.24, 2.45) is 0 Å². The molecule has 2 N–H and O–H groups in total. The van der Waals surface area contributed by atoms with Gasteiger partial charge in [-0.2, -0.15) is 0 Å². The third-order valence-corrected chi connectivity index (χ3v) is 3.68. The highest BCUT2D eigenvalue weighted by Crippen LogP contribution is 2.09. The Bertz CT molecular complexity index is 481. The van der Waals surface area contributed by atoms with E-state index in [1.165, 1.54) is 5.56 Å². The molecule has 122 valence electrons. The van der Waals surface area contributed by atoms with Gasteiger partial charge in [0.1, 0.15) is 0 Å². The fourth-order valence-electron chi connectivity index (χ4n) is 2.31. The van der Waals surface area contributed by atoms with Crippen LogP contribution in [0.15, 0.2) is 24.3 Å². The summed E-state index contributed by atoms with van der Waals surface area (Å²) in [5.41, 5.74) is 2.04. The molecule has 1 aromatic rings. The van der Waals surface area contributed by atoms with Crippen molar-refractivity contribution in [1.82, 2.24) is 4.90 Å². The predicted molar refractivity (Wildman–Crippen MR) is 89.0 cm³/mol. The number of nitrogens with one attached hydrogen (secondary N) is 2. The summed E-state index contributed by atoms with van der Waals surface area (Å²) in [6.07, 6.45) is 0.981. The minimum absolute atomic E-state index is 0.0749. The Morgan fingerprint density at radius 3 is 2.14 bits per heavy atom. The molecule has 0 aliphatic heterocycles. The Morgan fingerprint density at radius 1 is 1.05 bits per heavy atom. The maximum absolute atomic E-state index is 12.0. The number of hydrogen-bond donors (Lipinski definition) is 2. The topological polar surface area (TPSA) is 53.9 Å². The lowest BCUT2D eigenvalue weighted by Crippen LogP contribution is -3.11. The van der Waals surface area contributed by atoms with E-state index in [9.17, 15) is 9.59 Å². The third kappa shape index (κ3) is 5.85. The lowest BCUT2D eigenvalue weighted by atomic mass is 10.1. The van der Waals surface area contributed by atoms with Crippen molar-refractivity contribution in [2.45, 2.75) is 27.2 Å². The van der Waals surface area contributed by atoms with Crippen LogP contribution in [0.3, 0.4) is 0 Å². The number of nitrogens with zero attached hydrogens (tertiary/aromatic N) is 1. The van der Waals surface area contributed by atoms with Crippen LogP contribution in [0.5, 0.6) is 0 Å². The highest BCUT2D eigenvalue weighted by Gasteiger charge is 2.17. The van der Waals surface area contributed by atoms with Crippen LogP contribution in [-0.2, 0) is 16.0 Å². The number of aryl methyl sites for hydroxylation is 1. The summed E-state index contributed by atoms with van der Waals surface area (Å²) in [6.45, 7) is 8.05. The van der Waals surface area contributed by atoms with Crippen molar-refractivity contribution in [3.05, 3.63) is 29.8 Å². The minimum Gasteiger partial charge on any atom is -0.338 e. The molecule has 1 aromatic carbocycles. The van der Waals surface area contributed by atoms with Gasteiger partial charge in [-0.1, -0.05) is 19.1 Å². The molecule has 1 unspecified atom stereocenters. The number of likely N-dealkylation sites (N-methyl/N-ethyl adjacent to an activating group) is 2. The van der Waals surface area contributed by atoms with Crippen LogP contribution in [0.4, 0.5) is 5.69 Å². The second kappa shape index (κ2) is 9.20. The average Bonchev–Trinajstić information content (AvgIpc) is 2.48. The summed E-state index contributed by atoms with van der Waals surface area (Å²) in [5, 5.41) is 2.87. The van der Waals surface area contributed by atoms with Gasteiger partial charge < -0.3 is 15.1 Å². The summed E-state index contributed by atoms with van der Waals surface area (Å²) >= 11 is 0. The van der Waals surface area contributed by atoms with Gasteiger partial charge in [0.05, 0.1) is 7.05 Å². The van der Waals surface area contributed by atoms with Crippen LogP contribution in [0.1, 0.15) is 26.3 Å². The van der Waals surface area contributed by atoms with Crippen molar-refractivity contribution < 1.29 is 14.5 Å². The van der Waals surface area contributed by atoms with Crippen molar-refractivity contribution in [1.29, 1.82) is 0 Å². The van der Waals surface area contributed by atoms with E-state index in [2.05, 4.69) is 12.2 Å². The van der Waals surface area contributed by atoms with Crippen molar-refractivity contribution in [2.75, 3.05) is 38.5 Å². The molecule has 1 rings (SSSR count). The lowest BCUT2D eigenvalue weighted by molar-refractivity contribution is -0.862. The molecule has 0 aromatic heterocycles. The van der Waals surface area contributed by atoms with E-state index in [1.807, 2.05) is 45.2 Å².